The van der Waals surface area contributed by atoms with E-state index in [0.29, 0.717) is 11.3 Å². The molecule has 0 saturated carbocycles. The topological polar surface area (TPSA) is 149 Å². The number of hydrogen-bond acceptors (Lipinski definition) is 8. The minimum Gasteiger partial charge on any atom is -0.453 e. The average molecular weight is 359 g/mol. The lowest BCUT2D eigenvalue weighted by molar-refractivity contribution is -0.393. The van der Waals surface area contributed by atoms with E-state index in [9.17, 15) is 25.0 Å². The number of nitrogens with one attached hydrogen (secondary N) is 2. The van der Waals surface area contributed by atoms with Gasteiger partial charge in [-0.2, -0.15) is 5.10 Å². The molecule has 1 amide bonds. The largest absolute Gasteiger partial charge is 0.453 e. The Labute approximate surface area is 146 Å². The molecule has 2 aromatic carbocycles. The summed E-state index contributed by atoms with van der Waals surface area (Å²) in [5.41, 5.74) is 2.81. The molecule has 2 N–H and O–H groups in total. The van der Waals surface area contributed by atoms with Crippen molar-refractivity contribution in [2.75, 3.05) is 17.9 Å². The molecule has 0 atom stereocenters. The Kier molecular flexibility index (Phi) is 5.77. The van der Waals surface area contributed by atoms with Crippen LogP contribution >= 0.6 is 0 Å². The number of benzene rings is 2. The van der Waals surface area contributed by atoms with Gasteiger partial charge in [0.1, 0.15) is 5.69 Å². The molecule has 0 radical (unpaired) electrons. The Balaban J connectivity index is 2.09. The van der Waals surface area contributed by atoms with Gasteiger partial charge in [0.05, 0.1) is 29.2 Å². The van der Waals surface area contributed by atoms with Crippen molar-refractivity contribution in [1.29, 1.82) is 0 Å². The van der Waals surface area contributed by atoms with Crippen molar-refractivity contribution in [3.8, 4) is 0 Å². The summed E-state index contributed by atoms with van der Waals surface area (Å²) in [6, 6.07) is 9.74. The highest BCUT2D eigenvalue weighted by molar-refractivity contribution is 5.86. The van der Waals surface area contributed by atoms with Crippen LogP contribution in [0, 0.1) is 20.2 Å². The molecule has 0 unspecified atom stereocenters. The third-order valence-corrected chi connectivity index (χ3v) is 3.13. The number of nitrogens with zero attached hydrogens (tertiary/aromatic N) is 3. The molecule has 0 aromatic heterocycles. The van der Waals surface area contributed by atoms with E-state index in [0.717, 1.165) is 12.1 Å². The van der Waals surface area contributed by atoms with Crippen LogP contribution in [-0.4, -0.2) is 29.3 Å². The van der Waals surface area contributed by atoms with Gasteiger partial charge >= 0.3 is 11.8 Å². The number of hydrazone groups is 1. The summed E-state index contributed by atoms with van der Waals surface area (Å²) in [7, 11) is 1.25. The normalized spacial score (nSPS) is 10.3. The van der Waals surface area contributed by atoms with E-state index in [1.54, 1.807) is 24.3 Å². The van der Waals surface area contributed by atoms with Crippen molar-refractivity contribution in [2.24, 2.45) is 5.10 Å². The van der Waals surface area contributed by atoms with Crippen LogP contribution in [0.3, 0.4) is 0 Å². The van der Waals surface area contributed by atoms with Crippen LogP contribution in [-0.2, 0) is 4.74 Å². The predicted molar refractivity (Wildman–Crippen MR) is 93.4 cm³/mol. The molecule has 0 heterocycles. The summed E-state index contributed by atoms with van der Waals surface area (Å²) in [6.45, 7) is 0. The maximum Gasteiger partial charge on any atom is 0.411 e. The summed E-state index contributed by atoms with van der Waals surface area (Å²) < 4.78 is 4.47. The first-order valence-electron chi connectivity index (χ1n) is 7.07. The van der Waals surface area contributed by atoms with Crippen LogP contribution in [0.4, 0.5) is 27.5 Å². The molecule has 2 rings (SSSR count). The summed E-state index contributed by atoms with van der Waals surface area (Å²) in [5.74, 6) is 0. The van der Waals surface area contributed by atoms with Crippen molar-refractivity contribution in [1.82, 2.24) is 0 Å². The Morgan fingerprint density at radius 3 is 2.38 bits per heavy atom. The van der Waals surface area contributed by atoms with Crippen molar-refractivity contribution >= 4 is 35.1 Å². The van der Waals surface area contributed by atoms with Crippen LogP contribution < -0.4 is 10.7 Å². The Morgan fingerprint density at radius 1 is 1.12 bits per heavy atom. The van der Waals surface area contributed by atoms with E-state index in [4.69, 9.17) is 0 Å². The lowest BCUT2D eigenvalue weighted by Gasteiger charge is -2.04. The molecule has 0 aliphatic rings. The number of carbonyl (C=O) groups excluding carboxylic acids is 1. The number of hydrogen-bond donors (Lipinski definition) is 2. The van der Waals surface area contributed by atoms with Gasteiger partial charge in [-0.25, -0.2) is 4.79 Å². The molecular weight excluding hydrogens is 346 g/mol. The van der Waals surface area contributed by atoms with E-state index in [2.05, 4.69) is 20.6 Å². The first-order chi connectivity index (χ1) is 12.4. The summed E-state index contributed by atoms with van der Waals surface area (Å²) >= 11 is 0. The van der Waals surface area contributed by atoms with Gasteiger partial charge in [-0.1, -0.05) is 12.1 Å². The van der Waals surface area contributed by atoms with Gasteiger partial charge in [0, 0.05) is 11.8 Å². The Bertz CT molecular complexity index is 865. The monoisotopic (exact) mass is 359 g/mol. The highest BCUT2D eigenvalue weighted by Crippen LogP contribution is 2.28. The number of non-ortho nitro benzene ring substituents is 1. The highest BCUT2D eigenvalue weighted by atomic mass is 16.6. The highest BCUT2D eigenvalue weighted by Gasteiger charge is 2.19. The molecule has 0 spiro atoms. The number of ether oxygens (including phenoxy) is 1. The summed E-state index contributed by atoms with van der Waals surface area (Å²) in [6.07, 6.45) is 0.797. The zero-order chi connectivity index (χ0) is 19.1. The van der Waals surface area contributed by atoms with Gasteiger partial charge in [0.15, 0.2) is 0 Å². The third-order valence-electron chi connectivity index (χ3n) is 3.13. The third kappa shape index (κ3) is 4.74. The number of nitro benzene ring substituents is 2. The van der Waals surface area contributed by atoms with Crippen molar-refractivity contribution in [3.63, 3.8) is 0 Å². The SMILES string of the molecule is COC(=O)Nc1ccc(/C=N/Nc2ccc([N+](=O)[O-])cc2[N+](=O)[O-])cc1. The number of methoxy groups -OCH3 is 1. The van der Waals surface area contributed by atoms with Crippen molar-refractivity contribution in [2.45, 2.75) is 0 Å². The van der Waals surface area contributed by atoms with E-state index in [-0.39, 0.29) is 11.4 Å². The second-order valence-corrected chi connectivity index (χ2v) is 4.82. The maximum absolute atomic E-state index is 11.1. The van der Waals surface area contributed by atoms with Gasteiger partial charge in [0.2, 0.25) is 0 Å². The lowest BCUT2D eigenvalue weighted by Crippen LogP contribution is -2.10. The Morgan fingerprint density at radius 2 is 1.81 bits per heavy atom. The molecule has 0 bridgehead atoms. The average Bonchev–Trinajstić information content (AvgIpc) is 2.62. The molecule has 26 heavy (non-hydrogen) atoms. The molecule has 0 saturated heterocycles. The minimum atomic E-state index is -0.738. The van der Waals surface area contributed by atoms with E-state index >= 15 is 0 Å². The Hall–Kier alpha value is -4.02. The summed E-state index contributed by atoms with van der Waals surface area (Å²) in [4.78, 5) is 31.4. The molecule has 11 nitrogen and oxygen atoms in total. The van der Waals surface area contributed by atoms with Crippen LogP contribution in [0.2, 0.25) is 0 Å². The first-order valence-corrected chi connectivity index (χ1v) is 7.07. The number of carbonyl (C=O) groups is 1. The standard InChI is InChI=1S/C15H13N5O6/c1-26-15(21)17-11-4-2-10(3-5-11)9-16-18-13-7-6-12(19(22)23)8-14(13)20(24)25/h2-9,18H,1H3,(H,17,21)/b16-9+. The van der Waals surface area contributed by atoms with Crippen molar-refractivity contribution < 1.29 is 19.4 Å². The smallest absolute Gasteiger partial charge is 0.411 e. The van der Waals surface area contributed by atoms with Crippen LogP contribution in [0.1, 0.15) is 5.56 Å². The molecule has 11 heteroatoms. The van der Waals surface area contributed by atoms with Gasteiger partial charge in [-0.15, -0.1) is 0 Å². The zero-order valence-electron chi connectivity index (χ0n) is 13.4. The van der Waals surface area contributed by atoms with Gasteiger partial charge in [-0.3, -0.25) is 31.0 Å². The zero-order valence-corrected chi connectivity index (χ0v) is 13.4. The van der Waals surface area contributed by atoms with Crippen LogP contribution in [0.25, 0.3) is 0 Å². The van der Waals surface area contributed by atoms with E-state index < -0.39 is 21.6 Å². The molecule has 0 aliphatic carbocycles. The predicted octanol–water partition coefficient (Wildman–Crippen LogP) is 3.13. The van der Waals surface area contributed by atoms with E-state index in [1.165, 1.54) is 19.4 Å². The number of anilines is 2. The van der Waals surface area contributed by atoms with Gasteiger partial charge in [-0.05, 0) is 23.8 Å². The molecule has 0 fully saturated rings. The van der Waals surface area contributed by atoms with Crippen LogP contribution in [0.15, 0.2) is 47.6 Å². The van der Waals surface area contributed by atoms with E-state index in [1.807, 2.05) is 0 Å². The van der Waals surface area contributed by atoms with Gasteiger partial charge in [0.25, 0.3) is 5.69 Å². The lowest BCUT2D eigenvalue weighted by atomic mass is 10.2. The number of rotatable bonds is 6. The van der Waals surface area contributed by atoms with Crippen molar-refractivity contribution in [3.05, 3.63) is 68.3 Å². The second kappa shape index (κ2) is 8.19. The second-order valence-electron chi connectivity index (χ2n) is 4.82. The molecular formula is C15H13N5O6. The molecule has 0 aliphatic heterocycles. The maximum atomic E-state index is 11.1. The fourth-order valence-electron chi connectivity index (χ4n) is 1.88. The molecule has 134 valence electrons. The van der Waals surface area contributed by atoms with Crippen LogP contribution in [0.5, 0.6) is 0 Å². The fourth-order valence-corrected chi connectivity index (χ4v) is 1.88. The number of amides is 1. The first kappa shape index (κ1) is 18.3. The van der Waals surface area contributed by atoms with Gasteiger partial charge < -0.3 is 4.74 Å². The minimum absolute atomic E-state index is 0.0147. The number of nitro groups is 2. The summed E-state index contributed by atoms with van der Waals surface area (Å²) in [5, 5.41) is 28.1. The molecule has 2 aromatic rings. The quantitative estimate of drug-likeness (QED) is 0.457. The fraction of sp³-hybridized carbons (Fsp3) is 0.0667.